The summed E-state index contributed by atoms with van der Waals surface area (Å²) in [6, 6.07) is 0. The highest BCUT2D eigenvalue weighted by atomic mass is 32.2. The summed E-state index contributed by atoms with van der Waals surface area (Å²) in [5.74, 6) is -1.39. The molecular formula is C13H19FO6S. The molecule has 5 atom stereocenters. The van der Waals surface area contributed by atoms with E-state index in [1.807, 2.05) is 0 Å². The number of carbonyl (C=O) groups excluding carboxylic acids is 2. The lowest BCUT2D eigenvalue weighted by atomic mass is 10.1. The van der Waals surface area contributed by atoms with Crippen molar-refractivity contribution in [1.82, 2.24) is 0 Å². The van der Waals surface area contributed by atoms with E-state index < -0.39 is 41.7 Å². The molecule has 0 aromatic carbocycles. The number of hydrogen-bond donors (Lipinski definition) is 0. The van der Waals surface area contributed by atoms with Crippen LogP contribution in [0.1, 0.15) is 27.7 Å². The third-order valence-electron chi connectivity index (χ3n) is 3.14. The second-order valence-electron chi connectivity index (χ2n) is 5.46. The second kappa shape index (κ2) is 6.20. The molecule has 0 amide bonds. The summed E-state index contributed by atoms with van der Waals surface area (Å²) in [4.78, 5) is 22.2. The minimum absolute atomic E-state index is 0.104. The zero-order chi connectivity index (χ0) is 15.8. The molecule has 6 nitrogen and oxygen atoms in total. The first-order valence-corrected chi connectivity index (χ1v) is 7.53. The lowest BCUT2D eigenvalue weighted by Crippen LogP contribution is -2.39. The van der Waals surface area contributed by atoms with E-state index in [2.05, 4.69) is 0 Å². The van der Waals surface area contributed by atoms with E-state index in [1.165, 1.54) is 13.8 Å². The van der Waals surface area contributed by atoms with Crippen LogP contribution >= 0.6 is 11.8 Å². The third-order valence-corrected chi connectivity index (χ3v) is 4.18. The number of fused-ring (bicyclic) bond motifs is 1. The molecule has 21 heavy (non-hydrogen) atoms. The number of ether oxygens (including phenoxy) is 4. The van der Waals surface area contributed by atoms with Gasteiger partial charge in [0.25, 0.3) is 0 Å². The van der Waals surface area contributed by atoms with Crippen LogP contribution in [-0.4, -0.2) is 53.4 Å². The quantitative estimate of drug-likeness (QED) is 0.725. The fourth-order valence-electron chi connectivity index (χ4n) is 2.40. The van der Waals surface area contributed by atoms with Crippen LogP contribution < -0.4 is 0 Å². The van der Waals surface area contributed by atoms with E-state index in [9.17, 15) is 14.0 Å². The fraction of sp³-hybridized carbons (Fsp3) is 0.846. The van der Waals surface area contributed by atoms with E-state index >= 15 is 0 Å². The predicted octanol–water partition coefficient (Wildman–Crippen LogP) is 1.41. The van der Waals surface area contributed by atoms with Gasteiger partial charge in [0.05, 0.1) is 5.25 Å². The van der Waals surface area contributed by atoms with Crippen LogP contribution in [-0.2, 0) is 28.5 Å². The van der Waals surface area contributed by atoms with Gasteiger partial charge in [-0.2, -0.15) is 0 Å². The van der Waals surface area contributed by atoms with Crippen LogP contribution in [0.25, 0.3) is 0 Å². The number of halogens is 1. The highest BCUT2D eigenvalue weighted by molar-refractivity contribution is 8.14. The van der Waals surface area contributed by atoms with Gasteiger partial charge in [-0.05, 0) is 13.8 Å². The molecular weight excluding hydrogens is 303 g/mol. The van der Waals surface area contributed by atoms with Gasteiger partial charge in [-0.25, -0.2) is 4.39 Å². The maximum absolute atomic E-state index is 14.5. The minimum atomic E-state index is -1.45. The fourth-order valence-corrected chi connectivity index (χ4v) is 3.31. The maximum Gasteiger partial charge on any atom is 0.302 e. The largest absolute Gasteiger partial charge is 0.465 e. The van der Waals surface area contributed by atoms with Gasteiger partial charge in [0.15, 0.2) is 23.4 Å². The third kappa shape index (κ3) is 3.94. The summed E-state index contributed by atoms with van der Waals surface area (Å²) in [5.41, 5.74) is 0. The van der Waals surface area contributed by atoms with Crippen molar-refractivity contribution in [3.63, 3.8) is 0 Å². The van der Waals surface area contributed by atoms with Gasteiger partial charge in [-0.15, -0.1) is 0 Å². The molecule has 2 aliphatic heterocycles. The Kier molecular flexibility index (Phi) is 4.92. The minimum Gasteiger partial charge on any atom is -0.465 e. The van der Waals surface area contributed by atoms with Crippen molar-refractivity contribution < 1.29 is 32.9 Å². The molecule has 1 unspecified atom stereocenters. The van der Waals surface area contributed by atoms with Gasteiger partial charge in [0.2, 0.25) is 0 Å². The van der Waals surface area contributed by atoms with Crippen molar-refractivity contribution >= 4 is 22.8 Å². The van der Waals surface area contributed by atoms with E-state index in [1.54, 1.807) is 13.8 Å². The molecule has 0 spiro atoms. The molecule has 2 rings (SSSR count). The number of alkyl halides is 1. The van der Waals surface area contributed by atoms with Crippen molar-refractivity contribution in [1.29, 1.82) is 0 Å². The van der Waals surface area contributed by atoms with Crippen LogP contribution in [0.5, 0.6) is 0 Å². The van der Waals surface area contributed by atoms with E-state index in [-0.39, 0.29) is 11.7 Å². The first-order valence-electron chi connectivity index (χ1n) is 6.65. The normalized spacial score (nSPS) is 35.3. The summed E-state index contributed by atoms with van der Waals surface area (Å²) in [5, 5.41) is -0.843. The number of thioether (sulfide) groups is 1. The lowest BCUT2D eigenvalue weighted by molar-refractivity contribution is -0.211. The summed E-state index contributed by atoms with van der Waals surface area (Å²) >= 11 is 0.889. The molecule has 0 aromatic heterocycles. The zero-order valence-electron chi connectivity index (χ0n) is 12.3. The molecule has 8 heteroatoms. The zero-order valence-corrected chi connectivity index (χ0v) is 13.1. The average Bonchev–Trinajstić information content (AvgIpc) is 2.78. The Balaban J connectivity index is 2.04. The molecule has 0 saturated carbocycles. The van der Waals surface area contributed by atoms with Crippen molar-refractivity contribution in [3.8, 4) is 0 Å². The van der Waals surface area contributed by atoms with Gasteiger partial charge in [-0.1, -0.05) is 11.8 Å². The Morgan fingerprint density at radius 1 is 1.33 bits per heavy atom. The average molecular weight is 322 g/mol. The Hall–Kier alpha value is -0.700. The maximum atomic E-state index is 14.5. The molecule has 2 fully saturated rings. The van der Waals surface area contributed by atoms with Crippen LogP contribution in [0, 0.1) is 0 Å². The van der Waals surface area contributed by atoms with Crippen LogP contribution in [0.4, 0.5) is 4.39 Å². The Morgan fingerprint density at radius 2 is 2.00 bits per heavy atom. The predicted molar refractivity (Wildman–Crippen MR) is 72.3 cm³/mol. The topological polar surface area (TPSA) is 71.1 Å². The summed E-state index contributed by atoms with van der Waals surface area (Å²) < 4.78 is 35.9. The molecule has 0 bridgehead atoms. The standard InChI is InChI=1S/C13H19FO6S/c1-6(15)17-5-8(21-7(2)16)10-9(14)11-12(18-10)20-13(3,4)19-11/h8-12H,5H2,1-4H3/t8-,9?,10-,11-,12-/m1/s1. The SMILES string of the molecule is CC(=O)OC[C@@H](SC(C)=O)[C@H]1O[C@@H]2OC(C)(C)O[C@@H]2C1F. The second-order valence-corrected chi connectivity index (χ2v) is 6.88. The van der Waals surface area contributed by atoms with Crippen LogP contribution in [0.2, 0.25) is 0 Å². The van der Waals surface area contributed by atoms with E-state index in [4.69, 9.17) is 18.9 Å². The summed E-state index contributed by atoms with van der Waals surface area (Å²) in [7, 11) is 0. The Bertz CT molecular complexity index is 429. The van der Waals surface area contributed by atoms with Crippen molar-refractivity contribution in [2.75, 3.05) is 6.61 Å². The molecule has 120 valence electrons. The number of hydrogen-bond acceptors (Lipinski definition) is 7. The molecule has 2 heterocycles. The molecule has 0 N–H and O–H groups in total. The first-order chi connectivity index (χ1) is 9.69. The summed E-state index contributed by atoms with van der Waals surface area (Å²) in [6.45, 7) is 5.87. The molecule has 2 aliphatic rings. The molecule has 0 aromatic rings. The Morgan fingerprint density at radius 3 is 2.52 bits per heavy atom. The van der Waals surface area contributed by atoms with Crippen molar-refractivity contribution in [2.45, 2.75) is 63.4 Å². The molecule has 0 radical (unpaired) electrons. The highest BCUT2D eigenvalue weighted by Gasteiger charge is 2.57. The van der Waals surface area contributed by atoms with Gasteiger partial charge in [0.1, 0.15) is 18.8 Å². The number of esters is 1. The summed E-state index contributed by atoms with van der Waals surface area (Å²) in [6.07, 6.45) is -4.03. The number of rotatable bonds is 4. The molecule has 2 saturated heterocycles. The monoisotopic (exact) mass is 322 g/mol. The van der Waals surface area contributed by atoms with Gasteiger partial charge < -0.3 is 18.9 Å². The Labute approximate surface area is 126 Å². The van der Waals surface area contributed by atoms with Gasteiger partial charge >= 0.3 is 5.97 Å². The lowest BCUT2D eigenvalue weighted by Gasteiger charge is -2.26. The first kappa shape index (κ1) is 16.7. The van der Waals surface area contributed by atoms with Crippen molar-refractivity contribution in [2.24, 2.45) is 0 Å². The number of carbonyl (C=O) groups is 2. The molecule has 0 aliphatic carbocycles. The smallest absolute Gasteiger partial charge is 0.302 e. The van der Waals surface area contributed by atoms with E-state index in [0.29, 0.717) is 0 Å². The van der Waals surface area contributed by atoms with E-state index in [0.717, 1.165) is 11.8 Å². The highest BCUT2D eigenvalue weighted by Crippen LogP contribution is 2.41. The van der Waals surface area contributed by atoms with Gasteiger partial charge in [-0.3, -0.25) is 9.59 Å². The van der Waals surface area contributed by atoms with Gasteiger partial charge in [0, 0.05) is 13.8 Å². The van der Waals surface area contributed by atoms with Crippen molar-refractivity contribution in [3.05, 3.63) is 0 Å². The van der Waals surface area contributed by atoms with Crippen LogP contribution in [0.3, 0.4) is 0 Å². The van der Waals surface area contributed by atoms with Crippen LogP contribution in [0.15, 0.2) is 0 Å².